The standard InChI is InChI=1S/C25H33NO3/c27-25(26-20-24-11-7-19-29-24)17-14-22-12-15-23(16-13-22)28-18-6-2-5-10-21-8-3-1-4-9-21/h1,3-4,8-9,12-13,15-16,24H,2,5-7,10-11,14,17-20H2,(H,26,27). The molecule has 0 aromatic heterocycles. The summed E-state index contributed by atoms with van der Waals surface area (Å²) < 4.78 is 11.4. The second-order valence-corrected chi connectivity index (χ2v) is 7.73. The number of carbonyl (C=O) groups is 1. The molecule has 2 aromatic rings. The maximum Gasteiger partial charge on any atom is 0.220 e. The first-order valence-electron chi connectivity index (χ1n) is 10.9. The van der Waals surface area contributed by atoms with Crippen LogP contribution in [0.15, 0.2) is 54.6 Å². The zero-order chi connectivity index (χ0) is 20.2. The third-order valence-electron chi connectivity index (χ3n) is 5.34. The van der Waals surface area contributed by atoms with Gasteiger partial charge in [0.2, 0.25) is 5.91 Å². The van der Waals surface area contributed by atoms with Crippen molar-refractivity contribution < 1.29 is 14.3 Å². The Morgan fingerprint density at radius 2 is 1.76 bits per heavy atom. The fraction of sp³-hybridized carbons (Fsp3) is 0.480. The van der Waals surface area contributed by atoms with Gasteiger partial charge in [-0.15, -0.1) is 0 Å². The highest BCUT2D eigenvalue weighted by molar-refractivity contribution is 5.76. The summed E-state index contributed by atoms with van der Waals surface area (Å²) in [5.41, 5.74) is 2.57. The molecule has 1 saturated heterocycles. The van der Waals surface area contributed by atoms with Gasteiger partial charge in [0.25, 0.3) is 0 Å². The lowest BCUT2D eigenvalue weighted by atomic mass is 10.1. The van der Waals surface area contributed by atoms with Crippen LogP contribution in [0.3, 0.4) is 0 Å². The van der Waals surface area contributed by atoms with E-state index in [4.69, 9.17) is 9.47 Å². The molecule has 1 N–H and O–H groups in total. The number of hydrogen-bond acceptors (Lipinski definition) is 3. The second kappa shape index (κ2) is 12.3. The van der Waals surface area contributed by atoms with Gasteiger partial charge in [-0.1, -0.05) is 42.5 Å². The highest BCUT2D eigenvalue weighted by Crippen LogP contribution is 2.15. The molecule has 1 aliphatic rings. The van der Waals surface area contributed by atoms with Gasteiger partial charge in [-0.05, 0) is 68.2 Å². The zero-order valence-electron chi connectivity index (χ0n) is 17.3. The highest BCUT2D eigenvalue weighted by Gasteiger charge is 2.15. The Morgan fingerprint density at radius 3 is 2.52 bits per heavy atom. The summed E-state index contributed by atoms with van der Waals surface area (Å²) in [5, 5.41) is 2.97. The molecule has 1 aliphatic heterocycles. The second-order valence-electron chi connectivity index (χ2n) is 7.73. The van der Waals surface area contributed by atoms with Crippen LogP contribution in [-0.4, -0.2) is 31.8 Å². The Bertz CT molecular complexity index is 709. The predicted octanol–water partition coefficient (Wildman–Crippen LogP) is 4.71. The lowest BCUT2D eigenvalue weighted by Crippen LogP contribution is -2.31. The molecular formula is C25H33NO3. The number of amides is 1. The minimum atomic E-state index is 0.0938. The molecule has 4 nitrogen and oxygen atoms in total. The zero-order valence-corrected chi connectivity index (χ0v) is 17.3. The summed E-state index contributed by atoms with van der Waals surface area (Å²) in [6.07, 6.45) is 8.18. The highest BCUT2D eigenvalue weighted by atomic mass is 16.5. The SMILES string of the molecule is O=C(CCc1ccc(OCCCCCc2ccccc2)cc1)NCC1CCCO1. The Hall–Kier alpha value is -2.33. The molecule has 1 unspecified atom stereocenters. The summed E-state index contributed by atoms with van der Waals surface area (Å²) >= 11 is 0. The molecular weight excluding hydrogens is 362 g/mol. The van der Waals surface area contributed by atoms with Crippen molar-refractivity contribution in [1.29, 1.82) is 0 Å². The smallest absolute Gasteiger partial charge is 0.220 e. The minimum Gasteiger partial charge on any atom is -0.494 e. The third-order valence-corrected chi connectivity index (χ3v) is 5.34. The van der Waals surface area contributed by atoms with Gasteiger partial charge >= 0.3 is 0 Å². The molecule has 4 heteroatoms. The molecule has 0 radical (unpaired) electrons. The van der Waals surface area contributed by atoms with Crippen molar-refractivity contribution in [2.75, 3.05) is 19.8 Å². The van der Waals surface area contributed by atoms with Crippen LogP contribution in [-0.2, 0) is 22.4 Å². The van der Waals surface area contributed by atoms with E-state index in [0.29, 0.717) is 13.0 Å². The van der Waals surface area contributed by atoms with Crippen LogP contribution < -0.4 is 10.1 Å². The van der Waals surface area contributed by atoms with Gasteiger partial charge in [0.15, 0.2) is 0 Å². The van der Waals surface area contributed by atoms with E-state index in [-0.39, 0.29) is 12.0 Å². The van der Waals surface area contributed by atoms with E-state index in [0.717, 1.165) is 56.6 Å². The molecule has 0 saturated carbocycles. The first-order valence-corrected chi connectivity index (χ1v) is 10.9. The lowest BCUT2D eigenvalue weighted by molar-refractivity contribution is -0.121. The van der Waals surface area contributed by atoms with Crippen molar-refractivity contribution in [1.82, 2.24) is 5.32 Å². The lowest BCUT2D eigenvalue weighted by Gasteiger charge is -2.11. The summed E-state index contributed by atoms with van der Waals surface area (Å²) in [4.78, 5) is 12.0. The van der Waals surface area contributed by atoms with Crippen LogP contribution in [0.2, 0.25) is 0 Å². The van der Waals surface area contributed by atoms with E-state index in [2.05, 4.69) is 47.8 Å². The Balaban J connectivity index is 1.24. The van der Waals surface area contributed by atoms with Crippen LogP contribution in [0.25, 0.3) is 0 Å². The topological polar surface area (TPSA) is 47.6 Å². The number of carbonyl (C=O) groups excluding carboxylic acids is 1. The quantitative estimate of drug-likeness (QED) is 0.530. The van der Waals surface area contributed by atoms with Crippen LogP contribution in [0.1, 0.15) is 49.7 Å². The van der Waals surface area contributed by atoms with Gasteiger partial charge in [0.05, 0.1) is 12.7 Å². The maximum atomic E-state index is 12.0. The number of aryl methyl sites for hydroxylation is 2. The molecule has 156 valence electrons. The number of benzene rings is 2. The fourth-order valence-electron chi connectivity index (χ4n) is 3.57. The van der Waals surface area contributed by atoms with E-state index in [9.17, 15) is 4.79 Å². The summed E-state index contributed by atoms with van der Waals surface area (Å²) in [6, 6.07) is 18.7. The van der Waals surface area contributed by atoms with Crippen LogP contribution in [0.4, 0.5) is 0 Å². The number of nitrogens with one attached hydrogen (secondary N) is 1. The fourth-order valence-corrected chi connectivity index (χ4v) is 3.57. The first-order chi connectivity index (χ1) is 14.3. The van der Waals surface area contributed by atoms with E-state index < -0.39 is 0 Å². The molecule has 1 fully saturated rings. The number of hydrogen-bond donors (Lipinski definition) is 1. The molecule has 29 heavy (non-hydrogen) atoms. The predicted molar refractivity (Wildman–Crippen MR) is 116 cm³/mol. The normalized spacial score (nSPS) is 15.9. The van der Waals surface area contributed by atoms with Gasteiger partial charge in [-0.25, -0.2) is 0 Å². The average molecular weight is 396 g/mol. The third kappa shape index (κ3) is 8.28. The maximum absolute atomic E-state index is 12.0. The summed E-state index contributed by atoms with van der Waals surface area (Å²) in [7, 11) is 0. The van der Waals surface area contributed by atoms with Gasteiger partial charge in [-0.3, -0.25) is 4.79 Å². The molecule has 3 rings (SSSR count). The molecule has 0 spiro atoms. The van der Waals surface area contributed by atoms with Crippen LogP contribution in [0, 0.1) is 0 Å². The van der Waals surface area contributed by atoms with Crippen molar-refractivity contribution in [3.63, 3.8) is 0 Å². The molecule has 0 aliphatic carbocycles. The van der Waals surface area contributed by atoms with Gasteiger partial charge in [-0.2, -0.15) is 0 Å². The molecule has 1 heterocycles. The van der Waals surface area contributed by atoms with E-state index in [1.807, 2.05) is 12.1 Å². The molecule has 0 bridgehead atoms. The Morgan fingerprint density at radius 1 is 0.966 bits per heavy atom. The van der Waals surface area contributed by atoms with Crippen LogP contribution >= 0.6 is 0 Å². The molecule has 1 amide bonds. The Labute approximate surface area is 174 Å². The van der Waals surface area contributed by atoms with Crippen molar-refractivity contribution in [2.24, 2.45) is 0 Å². The van der Waals surface area contributed by atoms with Crippen molar-refractivity contribution in [3.05, 3.63) is 65.7 Å². The van der Waals surface area contributed by atoms with Gasteiger partial charge in [0.1, 0.15) is 5.75 Å². The monoisotopic (exact) mass is 395 g/mol. The van der Waals surface area contributed by atoms with E-state index >= 15 is 0 Å². The Kier molecular flexibility index (Phi) is 9.05. The van der Waals surface area contributed by atoms with Crippen molar-refractivity contribution >= 4 is 5.91 Å². The van der Waals surface area contributed by atoms with Gasteiger partial charge in [0, 0.05) is 19.6 Å². The van der Waals surface area contributed by atoms with E-state index in [1.54, 1.807) is 0 Å². The van der Waals surface area contributed by atoms with E-state index in [1.165, 1.54) is 18.4 Å². The number of unbranched alkanes of at least 4 members (excludes halogenated alkanes) is 2. The molecule has 2 aromatic carbocycles. The summed E-state index contributed by atoms with van der Waals surface area (Å²) in [5.74, 6) is 0.996. The largest absolute Gasteiger partial charge is 0.494 e. The summed E-state index contributed by atoms with van der Waals surface area (Å²) in [6.45, 7) is 2.21. The average Bonchev–Trinajstić information content (AvgIpc) is 3.28. The molecule has 1 atom stereocenters. The van der Waals surface area contributed by atoms with Crippen LogP contribution in [0.5, 0.6) is 5.75 Å². The van der Waals surface area contributed by atoms with Crippen molar-refractivity contribution in [3.8, 4) is 5.75 Å². The minimum absolute atomic E-state index is 0.0938. The number of rotatable bonds is 12. The van der Waals surface area contributed by atoms with Gasteiger partial charge < -0.3 is 14.8 Å². The van der Waals surface area contributed by atoms with Crippen molar-refractivity contribution in [2.45, 2.75) is 57.5 Å². The first kappa shape index (κ1) is 21.4. The number of ether oxygens (including phenoxy) is 2.